The third-order valence-electron chi connectivity index (χ3n) is 0.957. The molecule has 0 atom stereocenters. The van der Waals surface area contributed by atoms with Crippen LogP contribution in [-0.4, -0.2) is 31.7 Å². The summed E-state index contributed by atoms with van der Waals surface area (Å²) >= 11 is 0. The number of rotatable bonds is 0. The average molecular weight is 136 g/mol. The average Bonchev–Trinajstić information content (AvgIpc) is 1.96. The van der Waals surface area contributed by atoms with Crippen molar-refractivity contribution in [1.29, 1.82) is 0 Å². The predicted molar refractivity (Wildman–Crippen MR) is 37.7 cm³/mol. The molecule has 58 valence electrons. The zero-order chi connectivity index (χ0) is 6.24. The predicted octanol–water partition coefficient (Wildman–Crippen LogP) is -2.83. The Labute approximate surface area is 55.1 Å². The van der Waals surface area contributed by atoms with Gasteiger partial charge in [-0.1, -0.05) is 0 Å². The molecule has 1 aliphatic rings. The fourth-order valence-corrected chi connectivity index (χ4v) is 0.604. The summed E-state index contributed by atoms with van der Waals surface area (Å²) < 4.78 is 0. The number of nitrogens with one attached hydrogen (secondary N) is 2. The van der Waals surface area contributed by atoms with Gasteiger partial charge in [-0.15, -0.1) is 0 Å². The van der Waals surface area contributed by atoms with Crippen molar-refractivity contribution in [3.05, 3.63) is 0 Å². The van der Waals surface area contributed by atoms with E-state index in [0.29, 0.717) is 0 Å². The molecule has 0 aromatic heterocycles. The highest BCUT2D eigenvalue weighted by Crippen LogP contribution is 1.65. The molecule has 0 spiro atoms. The molecule has 0 aromatic rings. The number of hydrazine groups is 1. The van der Waals surface area contributed by atoms with Crippen molar-refractivity contribution in [3.63, 3.8) is 0 Å². The van der Waals surface area contributed by atoms with Crippen molar-refractivity contribution < 1.29 is 5.48 Å². The number of hydrogen-bond acceptors (Lipinski definition) is 4. The number of hydrogen-bond donors (Lipinski definition) is 4. The largest absolute Gasteiger partial charge is 0.412 e. The Morgan fingerprint density at radius 1 is 0.778 bits per heavy atom. The van der Waals surface area contributed by atoms with Crippen molar-refractivity contribution in [3.8, 4) is 0 Å². The van der Waals surface area contributed by atoms with Gasteiger partial charge in [0.05, 0.1) is 0 Å². The maximum Gasteiger partial charge on any atom is 0.00772 e. The molecule has 1 rings (SSSR count). The zero-order valence-corrected chi connectivity index (χ0v) is 5.48. The fraction of sp³-hybridized carbons (Fsp3) is 1.00. The topological polar surface area (TPSA) is 108 Å². The van der Waals surface area contributed by atoms with Crippen LogP contribution in [0.1, 0.15) is 0 Å². The van der Waals surface area contributed by atoms with E-state index in [0.717, 1.165) is 26.2 Å². The van der Waals surface area contributed by atoms with Gasteiger partial charge in [-0.3, -0.25) is 11.7 Å². The van der Waals surface area contributed by atoms with Crippen LogP contribution in [0.4, 0.5) is 0 Å². The van der Waals surface area contributed by atoms with E-state index in [2.05, 4.69) is 22.3 Å². The maximum atomic E-state index is 4.00. The summed E-state index contributed by atoms with van der Waals surface area (Å²) in [6.45, 7) is 4.56. The third-order valence-corrected chi connectivity index (χ3v) is 0.957. The zero-order valence-electron chi connectivity index (χ0n) is 5.48. The lowest BCUT2D eigenvalue weighted by Gasteiger charge is -2.11. The second-order valence-electron chi connectivity index (χ2n) is 1.50. The van der Waals surface area contributed by atoms with Gasteiger partial charge in [0.25, 0.3) is 0 Å². The second kappa shape index (κ2) is 10.7. The van der Waals surface area contributed by atoms with Crippen LogP contribution in [-0.2, 0) is 0 Å². The lowest BCUT2D eigenvalue weighted by atomic mass is 10.4. The van der Waals surface area contributed by atoms with Crippen molar-refractivity contribution in [1.82, 2.24) is 10.6 Å². The van der Waals surface area contributed by atoms with Crippen LogP contribution in [0.15, 0.2) is 0 Å². The lowest BCUT2D eigenvalue weighted by Crippen LogP contribution is -2.39. The Kier molecular flexibility index (Phi) is 13.8. The van der Waals surface area contributed by atoms with E-state index in [1.807, 2.05) is 0 Å². The van der Waals surface area contributed by atoms with Gasteiger partial charge >= 0.3 is 0 Å². The van der Waals surface area contributed by atoms with Gasteiger partial charge in [0, 0.05) is 26.2 Å². The Bertz CT molecular complexity index is 28.0. The molecule has 0 aliphatic carbocycles. The molecule has 0 radical (unpaired) electrons. The molecule has 5 heteroatoms. The molecule has 0 saturated carbocycles. The molecule has 8 N–H and O–H groups in total. The molecule has 5 nitrogen and oxygen atoms in total. The van der Waals surface area contributed by atoms with E-state index in [9.17, 15) is 0 Å². The summed E-state index contributed by atoms with van der Waals surface area (Å²) in [7, 11) is 0. The van der Waals surface area contributed by atoms with E-state index in [-0.39, 0.29) is 5.48 Å². The van der Waals surface area contributed by atoms with Gasteiger partial charge in [0.15, 0.2) is 0 Å². The normalized spacial score (nSPS) is 16.7. The number of nitrogens with two attached hydrogens (primary N) is 2. The Morgan fingerprint density at radius 2 is 1.00 bits per heavy atom. The van der Waals surface area contributed by atoms with Crippen molar-refractivity contribution in [2.45, 2.75) is 0 Å². The van der Waals surface area contributed by atoms with Crippen molar-refractivity contribution in [2.24, 2.45) is 11.7 Å². The van der Waals surface area contributed by atoms with Crippen LogP contribution in [0.3, 0.4) is 0 Å². The van der Waals surface area contributed by atoms with Crippen LogP contribution in [0.25, 0.3) is 0 Å². The Balaban J connectivity index is 0. The summed E-state index contributed by atoms with van der Waals surface area (Å²) in [5.41, 5.74) is 0. The molecule has 1 saturated heterocycles. The molecule has 0 amide bonds. The SMILES string of the molecule is C1CNCCN1.NN.O. The summed E-state index contributed by atoms with van der Waals surface area (Å²) in [5, 5.41) is 6.44. The van der Waals surface area contributed by atoms with E-state index < -0.39 is 0 Å². The van der Waals surface area contributed by atoms with Crippen LogP contribution in [0.5, 0.6) is 0 Å². The van der Waals surface area contributed by atoms with Gasteiger partial charge in [-0.2, -0.15) is 0 Å². The second-order valence-corrected chi connectivity index (χ2v) is 1.50. The first-order valence-corrected chi connectivity index (χ1v) is 2.75. The standard InChI is InChI=1S/C4H10N2.H4N2.H2O/c1-2-6-4-3-5-1;1-2;/h5-6H,1-4H2;1-2H2;1H2. The van der Waals surface area contributed by atoms with Crippen molar-refractivity contribution >= 4 is 0 Å². The van der Waals surface area contributed by atoms with E-state index in [4.69, 9.17) is 0 Å². The Morgan fingerprint density at radius 3 is 1.11 bits per heavy atom. The highest BCUT2D eigenvalue weighted by atomic mass is 16.0. The van der Waals surface area contributed by atoms with E-state index in [1.165, 1.54) is 0 Å². The summed E-state index contributed by atoms with van der Waals surface area (Å²) in [6.07, 6.45) is 0. The van der Waals surface area contributed by atoms with Gasteiger partial charge in [0.2, 0.25) is 0 Å². The molecule has 0 aromatic carbocycles. The summed E-state index contributed by atoms with van der Waals surface area (Å²) in [6, 6.07) is 0. The minimum Gasteiger partial charge on any atom is -0.412 e. The monoisotopic (exact) mass is 136 g/mol. The van der Waals surface area contributed by atoms with Gasteiger partial charge in [-0.25, -0.2) is 0 Å². The molecule has 1 heterocycles. The fourth-order valence-electron chi connectivity index (χ4n) is 0.604. The molecule has 0 unspecified atom stereocenters. The van der Waals surface area contributed by atoms with Crippen LogP contribution in [0.2, 0.25) is 0 Å². The third kappa shape index (κ3) is 7.80. The maximum absolute atomic E-state index is 4.00. The molecule has 1 aliphatic heterocycles. The van der Waals surface area contributed by atoms with E-state index >= 15 is 0 Å². The van der Waals surface area contributed by atoms with Gasteiger partial charge < -0.3 is 16.1 Å². The Hall–Kier alpha value is -0.200. The first-order valence-electron chi connectivity index (χ1n) is 2.75. The van der Waals surface area contributed by atoms with Crippen LogP contribution < -0.4 is 22.3 Å². The van der Waals surface area contributed by atoms with Crippen LogP contribution >= 0.6 is 0 Å². The lowest BCUT2D eigenvalue weighted by molar-refractivity contribution is 0.534. The van der Waals surface area contributed by atoms with Crippen molar-refractivity contribution in [2.75, 3.05) is 26.2 Å². The molecule has 0 bridgehead atoms. The number of piperazine rings is 1. The van der Waals surface area contributed by atoms with Crippen LogP contribution in [0, 0.1) is 0 Å². The van der Waals surface area contributed by atoms with E-state index in [1.54, 1.807) is 0 Å². The quantitative estimate of drug-likeness (QED) is 0.213. The first kappa shape index (κ1) is 11.6. The summed E-state index contributed by atoms with van der Waals surface area (Å²) in [5.74, 6) is 8.00. The minimum absolute atomic E-state index is 0. The minimum atomic E-state index is 0. The van der Waals surface area contributed by atoms with Gasteiger partial charge in [0.1, 0.15) is 0 Å². The highest BCUT2D eigenvalue weighted by molar-refractivity contribution is 4.59. The smallest absolute Gasteiger partial charge is 0.00772 e. The summed E-state index contributed by atoms with van der Waals surface area (Å²) in [4.78, 5) is 0. The molecular weight excluding hydrogens is 120 g/mol. The molecule has 1 fully saturated rings. The molecule has 9 heavy (non-hydrogen) atoms. The highest BCUT2D eigenvalue weighted by Gasteiger charge is 1.91. The van der Waals surface area contributed by atoms with Gasteiger partial charge in [-0.05, 0) is 0 Å². The molecular formula is C4H16N4O. The first-order chi connectivity index (χ1) is 4.00.